The molecule has 0 radical (unpaired) electrons. The van der Waals surface area contributed by atoms with Gasteiger partial charge in [0.05, 0.1) is 35.4 Å². The molecule has 1 saturated heterocycles. The molecule has 5 rings (SSSR count). The van der Waals surface area contributed by atoms with E-state index >= 15 is 0 Å². The van der Waals surface area contributed by atoms with E-state index in [1.165, 1.54) is 16.9 Å². The number of piperazine rings is 1. The summed E-state index contributed by atoms with van der Waals surface area (Å²) in [5.74, 6) is 1.96. The van der Waals surface area contributed by atoms with E-state index in [-0.39, 0.29) is 0 Å². The van der Waals surface area contributed by atoms with Crippen LogP contribution in [0.15, 0.2) is 24.5 Å². The van der Waals surface area contributed by atoms with Crippen LogP contribution in [0.3, 0.4) is 0 Å². The van der Waals surface area contributed by atoms with E-state index in [0.29, 0.717) is 12.5 Å². The van der Waals surface area contributed by atoms with E-state index in [9.17, 15) is 0 Å². The number of aromatic nitrogens is 5. The summed E-state index contributed by atoms with van der Waals surface area (Å²) >= 11 is 0. The minimum Gasteiger partial charge on any atom is -0.368 e. The second-order valence-corrected chi connectivity index (χ2v) is 8.40. The highest BCUT2D eigenvalue weighted by Crippen LogP contribution is 2.37. The van der Waals surface area contributed by atoms with Crippen molar-refractivity contribution in [3.8, 4) is 11.4 Å². The fourth-order valence-electron chi connectivity index (χ4n) is 4.55. The molecule has 7 nitrogen and oxygen atoms in total. The topological polar surface area (TPSA) is 71.8 Å². The molecule has 4 heterocycles. The molecule has 1 aliphatic carbocycles. The van der Waals surface area contributed by atoms with Crippen LogP contribution in [0.1, 0.15) is 55.4 Å². The molecule has 1 N–H and O–H groups in total. The van der Waals surface area contributed by atoms with Crippen LogP contribution in [0, 0.1) is 0 Å². The Bertz CT molecular complexity index is 1050. The number of fused-ring (bicyclic) bond motifs is 3. The standard InChI is InChI=1S/C23H29N7/c1-4-21-27-19-11-16-13-26-20(28-22(16)23(19)30(21)15(2)3)12-17-5-6-18(14-25-17)29-9-7-24-8-10-29/h5-6,13-15,24H,4,7-12H2,1-3H3. The number of nitrogens with zero attached hydrogens (tertiary/aromatic N) is 6. The normalized spacial score (nSPS) is 15.5. The number of anilines is 1. The maximum Gasteiger partial charge on any atom is 0.134 e. The third kappa shape index (κ3) is 3.37. The Morgan fingerprint density at radius 3 is 2.60 bits per heavy atom. The zero-order valence-electron chi connectivity index (χ0n) is 18.0. The average Bonchev–Trinajstić information content (AvgIpc) is 3.30. The van der Waals surface area contributed by atoms with Crippen LogP contribution in [0.25, 0.3) is 11.4 Å². The highest BCUT2D eigenvalue weighted by molar-refractivity contribution is 5.69. The molecule has 0 atom stereocenters. The van der Waals surface area contributed by atoms with Crippen molar-refractivity contribution in [2.75, 3.05) is 31.1 Å². The van der Waals surface area contributed by atoms with Crippen LogP contribution in [0.2, 0.25) is 0 Å². The largest absolute Gasteiger partial charge is 0.368 e. The number of pyridine rings is 1. The lowest BCUT2D eigenvalue weighted by Crippen LogP contribution is -2.43. The van der Waals surface area contributed by atoms with Crippen LogP contribution < -0.4 is 10.2 Å². The Hall–Kier alpha value is -2.80. The van der Waals surface area contributed by atoms with Crippen LogP contribution in [-0.2, 0) is 19.3 Å². The molecular formula is C23H29N7. The van der Waals surface area contributed by atoms with Crippen molar-refractivity contribution in [3.63, 3.8) is 0 Å². The minimum atomic E-state index is 0.361. The molecule has 30 heavy (non-hydrogen) atoms. The Kier molecular flexibility index (Phi) is 4.98. The van der Waals surface area contributed by atoms with Gasteiger partial charge in [0.25, 0.3) is 0 Å². The van der Waals surface area contributed by atoms with E-state index in [1.807, 2.05) is 12.4 Å². The minimum absolute atomic E-state index is 0.361. The number of rotatable bonds is 5. The summed E-state index contributed by atoms with van der Waals surface area (Å²) in [6, 6.07) is 4.63. The first kappa shape index (κ1) is 19.2. The second-order valence-electron chi connectivity index (χ2n) is 8.40. The highest BCUT2D eigenvalue weighted by atomic mass is 15.2. The fraction of sp³-hybridized carbons (Fsp3) is 0.478. The molecule has 1 aliphatic heterocycles. The number of nitrogens with one attached hydrogen (secondary N) is 1. The molecule has 1 fully saturated rings. The van der Waals surface area contributed by atoms with Gasteiger partial charge in [-0.25, -0.2) is 15.0 Å². The Balaban J connectivity index is 1.40. The summed E-state index contributed by atoms with van der Waals surface area (Å²) in [6.07, 6.45) is 6.36. The summed E-state index contributed by atoms with van der Waals surface area (Å²) in [4.78, 5) is 21.5. The van der Waals surface area contributed by atoms with E-state index in [0.717, 1.165) is 67.8 Å². The molecule has 7 heteroatoms. The number of hydrogen-bond acceptors (Lipinski definition) is 6. The van der Waals surface area contributed by atoms with Crippen molar-refractivity contribution in [2.45, 2.75) is 46.1 Å². The number of hydrogen-bond donors (Lipinski definition) is 1. The highest BCUT2D eigenvalue weighted by Gasteiger charge is 2.29. The lowest BCUT2D eigenvalue weighted by atomic mass is 10.2. The van der Waals surface area contributed by atoms with Gasteiger partial charge in [-0.1, -0.05) is 6.92 Å². The quantitative estimate of drug-likeness (QED) is 0.552. The van der Waals surface area contributed by atoms with Crippen molar-refractivity contribution in [1.82, 2.24) is 29.8 Å². The van der Waals surface area contributed by atoms with Crippen molar-refractivity contribution in [3.05, 3.63) is 53.1 Å². The smallest absolute Gasteiger partial charge is 0.134 e. The van der Waals surface area contributed by atoms with E-state index < -0.39 is 0 Å². The first-order valence-corrected chi connectivity index (χ1v) is 11.0. The SMILES string of the molecule is CCc1nc2c(n1C(C)C)-c1nc(Cc3ccc(N4CCNCC4)cn3)ncc1C2. The maximum absolute atomic E-state index is 4.96. The first-order chi connectivity index (χ1) is 14.6. The summed E-state index contributed by atoms with van der Waals surface area (Å²) in [5, 5.41) is 3.39. The monoisotopic (exact) mass is 403 g/mol. The molecular weight excluding hydrogens is 374 g/mol. The third-order valence-electron chi connectivity index (χ3n) is 6.02. The molecule has 3 aromatic rings. The predicted octanol–water partition coefficient (Wildman–Crippen LogP) is 2.78. The van der Waals surface area contributed by atoms with Gasteiger partial charge in [-0.2, -0.15) is 0 Å². The van der Waals surface area contributed by atoms with Crippen LogP contribution in [-0.4, -0.2) is 50.7 Å². The van der Waals surface area contributed by atoms with Crippen LogP contribution in [0.4, 0.5) is 5.69 Å². The van der Waals surface area contributed by atoms with Gasteiger partial charge in [0.2, 0.25) is 0 Å². The maximum atomic E-state index is 4.96. The van der Waals surface area contributed by atoms with Gasteiger partial charge in [-0.15, -0.1) is 0 Å². The molecule has 156 valence electrons. The zero-order chi connectivity index (χ0) is 20.7. The Labute approximate surface area is 177 Å². The molecule has 0 bridgehead atoms. The van der Waals surface area contributed by atoms with Crippen LogP contribution >= 0.6 is 0 Å². The summed E-state index contributed by atoms with van der Waals surface area (Å²) in [6.45, 7) is 10.7. The van der Waals surface area contributed by atoms with Gasteiger partial charge in [-0.3, -0.25) is 4.98 Å². The zero-order valence-corrected chi connectivity index (χ0v) is 18.0. The molecule has 2 aliphatic rings. The van der Waals surface area contributed by atoms with E-state index in [1.54, 1.807) is 0 Å². The molecule has 0 unspecified atom stereocenters. The van der Waals surface area contributed by atoms with Crippen LogP contribution in [0.5, 0.6) is 0 Å². The second kappa shape index (κ2) is 7.80. The van der Waals surface area contributed by atoms with Gasteiger partial charge < -0.3 is 14.8 Å². The molecule has 0 amide bonds. The van der Waals surface area contributed by atoms with Crippen molar-refractivity contribution in [2.24, 2.45) is 0 Å². The number of aryl methyl sites for hydroxylation is 1. The first-order valence-electron chi connectivity index (χ1n) is 11.0. The Morgan fingerprint density at radius 2 is 1.90 bits per heavy atom. The summed E-state index contributed by atoms with van der Waals surface area (Å²) in [5.41, 5.74) is 6.73. The van der Waals surface area contributed by atoms with Gasteiger partial charge in [0.1, 0.15) is 11.6 Å². The summed E-state index contributed by atoms with van der Waals surface area (Å²) < 4.78 is 2.35. The van der Waals surface area contributed by atoms with Crippen molar-refractivity contribution < 1.29 is 0 Å². The molecule has 0 spiro atoms. The van der Waals surface area contributed by atoms with E-state index in [4.69, 9.17) is 15.0 Å². The van der Waals surface area contributed by atoms with Crippen molar-refractivity contribution >= 4 is 5.69 Å². The third-order valence-corrected chi connectivity index (χ3v) is 6.02. The number of imidazole rings is 1. The molecule has 3 aromatic heterocycles. The predicted molar refractivity (Wildman–Crippen MR) is 118 cm³/mol. The van der Waals surface area contributed by atoms with E-state index in [2.05, 4.69) is 52.7 Å². The van der Waals surface area contributed by atoms with Gasteiger partial charge >= 0.3 is 0 Å². The fourth-order valence-corrected chi connectivity index (χ4v) is 4.55. The Morgan fingerprint density at radius 1 is 1.07 bits per heavy atom. The van der Waals surface area contributed by atoms with Gasteiger partial charge in [0, 0.05) is 62.5 Å². The van der Waals surface area contributed by atoms with Gasteiger partial charge in [0.15, 0.2) is 0 Å². The lowest BCUT2D eigenvalue weighted by molar-refractivity contribution is 0.576. The molecule has 0 aromatic carbocycles. The lowest BCUT2D eigenvalue weighted by Gasteiger charge is -2.29. The van der Waals surface area contributed by atoms with Crippen molar-refractivity contribution in [1.29, 1.82) is 0 Å². The van der Waals surface area contributed by atoms with Gasteiger partial charge in [-0.05, 0) is 26.0 Å². The molecule has 0 saturated carbocycles. The summed E-state index contributed by atoms with van der Waals surface area (Å²) in [7, 11) is 0. The average molecular weight is 404 g/mol.